The Morgan fingerprint density at radius 3 is 2.38 bits per heavy atom. The third-order valence-electron chi connectivity index (χ3n) is 3.07. The number of ketones is 1. The molecule has 3 nitrogen and oxygen atoms in total. The minimum absolute atomic E-state index is 0.142. The first-order valence-electron chi connectivity index (χ1n) is 5.26. The number of carbonyl (C=O) groups is 1. The summed E-state index contributed by atoms with van der Waals surface area (Å²) in [4.78, 5) is 11.6. The van der Waals surface area contributed by atoms with Gasteiger partial charge in [0.1, 0.15) is 5.25 Å². The van der Waals surface area contributed by atoms with E-state index in [2.05, 4.69) is 0 Å². The fraction of sp³-hybridized carbons (Fsp3) is 0.417. The van der Waals surface area contributed by atoms with Gasteiger partial charge in [-0.2, -0.15) is 0 Å². The van der Waals surface area contributed by atoms with Gasteiger partial charge in [0, 0.05) is 18.6 Å². The predicted molar refractivity (Wildman–Crippen MR) is 62.1 cm³/mol. The van der Waals surface area contributed by atoms with Crippen LogP contribution >= 0.6 is 0 Å². The van der Waals surface area contributed by atoms with Gasteiger partial charge in [-0.1, -0.05) is 30.3 Å². The summed E-state index contributed by atoms with van der Waals surface area (Å²) >= 11 is 0. The van der Waals surface area contributed by atoms with Gasteiger partial charge in [0.25, 0.3) is 0 Å². The van der Waals surface area contributed by atoms with E-state index in [0.717, 1.165) is 11.8 Å². The maximum absolute atomic E-state index is 11.6. The molecule has 0 heterocycles. The largest absolute Gasteiger partial charge is 0.298 e. The fourth-order valence-corrected chi connectivity index (χ4v) is 3.88. The van der Waals surface area contributed by atoms with E-state index in [1.165, 1.54) is 0 Å². The minimum Gasteiger partial charge on any atom is -0.298 e. The van der Waals surface area contributed by atoms with E-state index in [1.807, 2.05) is 30.3 Å². The van der Waals surface area contributed by atoms with Crippen LogP contribution in [-0.2, 0) is 14.6 Å². The average Bonchev–Trinajstić information content (AvgIpc) is 2.61. The molecule has 2 atom stereocenters. The summed E-state index contributed by atoms with van der Waals surface area (Å²) in [5.41, 5.74) is 0.948. The Kier molecular flexibility index (Phi) is 2.84. The van der Waals surface area contributed by atoms with Crippen molar-refractivity contribution in [3.63, 3.8) is 0 Å². The molecule has 1 aromatic rings. The van der Waals surface area contributed by atoms with E-state index in [0.29, 0.717) is 12.8 Å². The molecule has 0 N–H and O–H groups in total. The van der Waals surface area contributed by atoms with Gasteiger partial charge in [-0.3, -0.25) is 4.79 Å². The Labute approximate surface area is 95.4 Å². The van der Waals surface area contributed by atoms with E-state index in [9.17, 15) is 13.2 Å². The molecule has 0 saturated heterocycles. The summed E-state index contributed by atoms with van der Waals surface area (Å²) in [6, 6.07) is 9.41. The summed E-state index contributed by atoms with van der Waals surface area (Å²) in [6.45, 7) is 0. The Balaban J connectivity index is 2.40. The highest BCUT2D eigenvalue weighted by atomic mass is 32.2. The monoisotopic (exact) mass is 238 g/mol. The molecular weight excluding hydrogens is 224 g/mol. The van der Waals surface area contributed by atoms with Crippen molar-refractivity contribution in [2.24, 2.45) is 0 Å². The van der Waals surface area contributed by atoms with Crippen molar-refractivity contribution in [1.29, 1.82) is 0 Å². The van der Waals surface area contributed by atoms with E-state index < -0.39 is 15.1 Å². The highest BCUT2D eigenvalue weighted by Crippen LogP contribution is 2.36. The maximum Gasteiger partial charge on any atom is 0.158 e. The second-order valence-corrected chi connectivity index (χ2v) is 6.44. The molecule has 1 fully saturated rings. The number of hydrogen-bond donors (Lipinski definition) is 0. The van der Waals surface area contributed by atoms with Crippen molar-refractivity contribution in [3.8, 4) is 0 Å². The van der Waals surface area contributed by atoms with Crippen LogP contribution in [0.2, 0.25) is 0 Å². The van der Waals surface area contributed by atoms with Crippen LogP contribution in [0.25, 0.3) is 0 Å². The Morgan fingerprint density at radius 1 is 1.19 bits per heavy atom. The normalized spacial score (nSPS) is 25.9. The second-order valence-electron chi connectivity index (χ2n) is 4.27. The molecule has 2 rings (SSSR count). The zero-order valence-corrected chi connectivity index (χ0v) is 9.91. The first-order chi connectivity index (χ1) is 7.50. The van der Waals surface area contributed by atoms with Crippen LogP contribution in [0.1, 0.15) is 24.3 Å². The first kappa shape index (κ1) is 11.3. The summed E-state index contributed by atoms with van der Waals surface area (Å²) in [6.07, 6.45) is 2.16. The second kappa shape index (κ2) is 4.01. The van der Waals surface area contributed by atoms with Crippen molar-refractivity contribution in [1.82, 2.24) is 0 Å². The fourth-order valence-electron chi connectivity index (χ4n) is 2.39. The zero-order chi connectivity index (χ0) is 11.8. The molecule has 0 bridgehead atoms. The third-order valence-corrected chi connectivity index (χ3v) is 4.59. The van der Waals surface area contributed by atoms with Gasteiger partial charge in [0.2, 0.25) is 0 Å². The maximum atomic E-state index is 11.6. The quantitative estimate of drug-likeness (QED) is 0.785. The van der Waals surface area contributed by atoms with Crippen LogP contribution < -0.4 is 0 Å². The molecule has 16 heavy (non-hydrogen) atoms. The molecule has 1 aromatic carbocycles. The SMILES string of the molecule is CS(=O)(=O)[C@H]1C(=O)CC[C@@H]1c1ccccc1. The lowest BCUT2D eigenvalue weighted by atomic mass is 9.97. The molecule has 1 aliphatic rings. The molecule has 1 aliphatic carbocycles. The number of rotatable bonds is 2. The van der Waals surface area contributed by atoms with Crippen molar-refractivity contribution in [2.45, 2.75) is 24.0 Å². The number of carbonyl (C=O) groups excluding carboxylic acids is 1. The lowest BCUT2D eigenvalue weighted by Gasteiger charge is -2.16. The van der Waals surface area contributed by atoms with Gasteiger partial charge in [-0.15, -0.1) is 0 Å². The van der Waals surface area contributed by atoms with Crippen LogP contribution in [0, 0.1) is 0 Å². The van der Waals surface area contributed by atoms with Crippen LogP contribution in [0.4, 0.5) is 0 Å². The smallest absolute Gasteiger partial charge is 0.158 e. The van der Waals surface area contributed by atoms with Gasteiger partial charge in [-0.05, 0) is 12.0 Å². The molecule has 0 spiro atoms. The summed E-state index contributed by atoms with van der Waals surface area (Å²) in [5, 5.41) is -0.838. The van der Waals surface area contributed by atoms with E-state index in [1.54, 1.807) is 0 Å². The van der Waals surface area contributed by atoms with Gasteiger partial charge >= 0.3 is 0 Å². The van der Waals surface area contributed by atoms with Crippen molar-refractivity contribution in [3.05, 3.63) is 35.9 Å². The van der Waals surface area contributed by atoms with Crippen LogP contribution in [0.3, 0.4) is 0 Å². The number of sulfone groups is 1. The highest BCUT2D eigenvalue weighted by molar-refractivity contribution is 7.92. The molecule has 0 aliphatic heterocycles. The van der Waals surface area contributed by atoms with Gasteiger partial charge in [-0.25, -0.2) is 8.42 Å². The summed E-state index contributed by atoms with van der Waals surface area (Å²) in [7, 11) is -3.30. The molecule has 1 saturated carbocycles. The van der Waals surface area contributed by atoms with E-state index in [-0.39, 0.29) is 11.7 Å². The average molecular weight is 238 g/mol. The molecule has 86 valence electrons. The van der Waals surface area contributed by atoms with E-state index in [4.69, 9.17) is 0 Å². The topological polar surface area (TPSA) is 51.2 Å². The third kappa shape index (κ3) is 2.02. The Bertz CT molecular complexity index is 490. The number of benzene rings is 1. The lowest BCUT2D eigenvalue weighted by molar-refractivity contribution is -0.117. The molecule has 4 heteroatoms. The number of hydrogen-bond acceptors (Lipinski definition) is 3. The van der Waals surface area contributed by atoms with Gasteiger partial charge in [0.15, 0.2) is 15.6 Å². The van der Waals surface area contributed by atoms with Gasteiger partial charge < -0.3 is 0 Å². The van der Waals surface area contributed by atoms with Crippen LogP contribution in [0.15, 0.2) is 30.3 Å². The predicted octanol–water partition coefficient (Wildman–Crippen LogP) is 1.55. The van der Waals surface area contributed by atoms with Crippen LogP contribution in [0.5, 0.6) is 0 Å². The van der Waals surface area contributed by atoms with Crippen LogP contribution in [-0.4, -0.2) is 25.7 Å². The van der Waals surface area contributed by atoms with Crippen molar-refractivity contribution < 1.29 is 13.2 Å². The molecule has 0 aromatic heterocycles. The van der Waals surface area contributed by atoms with Crippen molar-refractivity contribution in [2.75, 3.05) is 6.26 Å². The van der Waals surface area contributed by atoms with Crippen molar-refractivity contribution >= 4 is 15.6 Å². The molecule has 0 unspecified atom stereocenters. The molecule has 0 radical (unpaired) electrons. The number of Topliss-reactive ketones (excluding diaryl/α,β-unsaturated/α-hetero) is 1. The summed E-state index contributed by atoms with van der Waals surface area (Å²) in [5.74, 6) is -0.306. The Hall–Kier alpha value is -1.16. The minimum atomic E-state index is -3.30. The summed E-state index contributed by atoms with van der Waals surface area (Å²) < 4.78 is 23.2. The first-order valence-corrected chi connectivity index (χ1v) is 7.22. The molecular formula is C12H14O3S. The van der Waals surface area contributed by atoms with Gasteiger partial charge in [0.05, 0.1) is 0 Å². The zero-order valence-electron chi connectivity index (χ0n) is 9.09. The Morgan fingerprint density at radius 2 is 1.81 bits per heavy atom. The van der Waals surface area contributed by atoms with E-state index >= 15 is 0 Å². The standard InChI is InChI=1S/C12H14O3S/c1-16(14,15)12-10(7-8-11(12)13)9-5-3-2-4-6-9/h2-6,10,12H,7-8H2,1H3/t10-,12-/m1/s1. The lowest BCUT2D eigenvalue weighted by Crippen LogP contribution is -2.29. The molecule has 0 amide bonds. The highest BCUT2D eigenvalue weighted by Gasteiger charge is 2.42.